The SMILES string of the molecule is COC(=O)[C@H](Cc1cnc[nH]1)NC(=O)CCC(=O)OCC(=O)[C@@]1(O)CC[C@H]2[C@@H]3CCC4=CC(=O)CC[C@]4(C)[C@H]3[C@H](O)C[C@@]21C. The molecule has 1 heterocycles. The maximum absolute atomic E-state index is 13.5. The average molecular weight is 614 g/mol. The molecule has 1 aromatic heterocycles. The number of fused-ring (bicyclic) bond motifs is 5. The Morgan fingerprint density at radius 2 is 1.93 bits per heavy atom. The van der Waals surface area contributed by atoms with E-state index in [1.807, 2.05) is 6.92 Å². The summed E-state index contributed by atoms with van der Waals surface area (Å²) in [6.07, 6.45) is 7.31. The number of nitrogens with one attached hydrogen (secondary N) is 2. The van der Waals surface area contributed by atoms with Gasteiger partial charge in [0.1, 0.15) is 11.6 Å². The molecule has 240 valence electrons. The lowest BCUT2D eigenvalue weighted by atomic mass is 9.45. The fourth-order valence-corrected chi connectivity index (χ4v) is 8.92. The Morgan fingerprint density at radius 1 is 1.16 bits per heavy atom. The zero-order chi connectivity index (χ0) is 31.9. The van der Waals surface area contributed by atoms with Crippen molar-refractivity contribution in [2.75, 3.05) is 13.7 Å². The van der Waals surface area contributed by atoms with E-state index in [2.05, 4.69) is 22.2 Å². The van der Waals surface area contributed by atoms with E-state index in [-0.39, 0.29) is 61.1 Å². The van der Waals surface area contributed by atoms with Crippen LogP contribution in [0.3, 0.4) is 0 Å². The summed E-state index contributed by atoms with van der Waals surface area (Å²) in [6.45, 7) is 3.38. The number of hydrogen-bond acceptors (Lipinski definition) is 10. The fourth-order valence-electron chi connectivity index (χ4n) is 8.92. The number of imidazole rings is 1. The molecule has 1 aromatic rings. The number of ketones is 2. The first-order valence-corrected chi connectivity index (χ1v) is 15.5. The van der Waals surface area contributed by atoms with E-state index in [9.17, 15) is 34.2 Å². The molecule has 12 nitrogen and oxygen atoms in total. The molecule has 4 aliphatic rings. The second-order valence-electron chi connectivity index (χ2n) is 13.5. The number of allylic oxidation sites excluding steroid dienone is 1. The van der Waals surface area contributed by atoms with Crippen molar-refractivity contribution in [2.24, 2.45) is 28.6 Å². The zero-order valence-electron chi connectivity index (χ0n) is 25.6. The Balaban J connectivity index is 1.16. The second-order valence-corrected chi connectivity index (χ2v) is 13.5. The first-order valence-electron chi connectivity index (χ1n) is 15.5. The molecular weight excluding hydrogens is 570 g/mol. The molecular formula is C32H43N3O9. The minimum Gasteiger partial charge on any atom is -0.467 e. The minimum atomic E-state index is -1.76. The van der Waals surface area contributed by atoms with E-state index in [0.29, 0.717) is 25.0 Å². The van der Waals surface area contributed by atoms with Crippen LogP contribution in [0.15, 0.2) is 24.2 Å². The third-order valence-corrected chi connectivity index (χ3v) is 11.2. The maximum Gasteiger partial charge on any atom is 0.328 e. The monoisotopic (exact) mass is 613 g/mol. The highest BCUT2D eigenvalue weighted by molar-refractivity contribution is 5.92. The quantitative estimate of drug-likeness (QED) is 0.283. The van der Waals surface area contributed by atoms with E-state index in [0.717, 1.165) is 18.4 Å². The van der Waals surface area contributed by atoms with Crippen molar-refractivity contribution in [3.8, 4) is 0 Å². The number of amides is 1. The number of Topliss-reactive ketones (excluding diaryl/α,β-unsaturated/α-hetero) is 1. The van der Waals surface area contributed by atoms with E-state index >= 15 is 0 Å². The first kappa shape index (κ1) is 32.0. The molecule has 3 fully saturated rings. The molecule has 0 bridgehead atoms. The zero-order valence-corrected chi connectivity index (χ0v) is 25.6. The number of H-pyrrole nitrogens is 1. The largest absolute Gasteiger partial charge is 0.467 e. The van der Waals surface area contributed by atoms with Gasteiger partial charge in [0.2, 0.25) is 11.7 Å². The highest BCUT2D eigenvalue weighted by Crippen LogP contribution is 2.67. The Morgan fingerprint density at radius 3 is 2.64 bits per heavy atom. The van der Waals surface area contributed by atoms with Crippen LogP contribution >= 0.6 is 0 Å². The molecule has 0 unspecified atom stereocenters. The average Bonchev–Trinajstić information content (AvgIpc) is 3.60. The normalized spacial score (nSPS) is 34.9. The number of carbonyl (C=O) groups is 5. The van der Waals surface area contributed by atoms with Crippen LogP contribution in [0.2, 0.25) is 0 Å². The van der Waals surface area contributed by atoms with E-state index in [4.69, 9.17) is 9.47 Å². The van der Waals surface area contributed by atoms with Gasteiger partial charge in [-0.25, -0.2) is 9.78 Å². The highest BCUT2D eigenvalue weighted by atomic mass is 16.5. The van der Waals surface area contributed by atoms with Gasteiger partial charge in [-0.3, -0.25) is 19.2 Å². The summed E-state index contributed by atoms with van der Waals surface area (Å²) in [7, 11) is 1.21. The molecule has 8 atom stereocenters. The minimum absolute atomic E-state index is 0.00441. The lowest BCUT2D eigenvalue weighted by molar-refractivity contribution is -0.184. The number of esters is 2. The van der Waals surface area contributed by atoms with Gasteiger partial charge in [0.25, 0.3) is 0 Å². The lowest BCUT2D eigenvalue weighted by Crippen LogP contribution is -2.62. The van der Waals surface area contributed by atoms with Crippen molar-refractivity contribution in [3.63, 3.8) is 0 Å². The molecule has 0 spiro atoms. The molecule has 4 aliphatic carbocycles. The number of aromatic nitrogens is 2. The van der Waals surface area contributed by atoms with Crippen molar-refractivity contribution in [3.05, 3.63) is 29.9 Å². The maximum atomic E-state index is 13.5. The number of rotatable bonds is 10. The summed E-state index contributed by atoms with van der Waals surface area (Å²) in [6, 6.07) is -0.976. The molecule has 0 aromatic carbocycles. The van der Waals surface area contributed by atoms with Gasteiger partial charge in [-0.05, 0) is 67.8 Å². The topological polar surface area (TPSA) is 185 Å². The summed E-state index contributed by atoms with van der Waals surface area (Å²) in [5.74, 6) is -2.41. The molecule has 5 rings (SSSR count). The smallest absolute Gasteiger partial charge is 0.328 e. The summed E-state index contributed by atoms with van der Waals surface area (Å²) in [5.41, 5.74) is -1.20. The van der Waals surface area contributed by atoms with Crippen LogP contribution in [0.4, 0.5) is 0 Å². The number of aliphatic hydroxyl groups is 2. The predicted octanol–water partition coefficient (Wildman–Crippen LogP) is 1.74. The predicted molar refractivity (Wildman–Crippen MR) is 154 cm³/mol. The molecule has 4 N–H and O–H groups in total. The fraction of sp³-hybridized carbons (Fsp3) is 0.688. The molecule has 0 aliphatic heterocycles. The number of ether oxygens (including phenoxy) is 2. The molecule has 0 radical (unpaired) electrons. The van der Waals surface area contributed by atoms with Crippen LogP contribution in [0.1, 0.15) is 77.3 Å². The van der Waals surface area contributed by atoms with E-state index in [1.54, 1.807) is 6.08 Å². The van der Waals surface area contributed by atoms with Crippen LogP contribution in [0, 0.1) is 28.6 Å². The summed E-state index contributed by atoms with van der Waals surface area (Å²) in [5, 5.41) is 25.9. The van der Waals surface area contributed by atoms with Crippen molar-refractivity contribution >= 4 is 29.4 Å². The number of carbonyl (C=O) groups excluding carboxylic acids is 5. The van der Waals surface area contributed by atoms with E-state index < -0.39 is 53.4 Å². The summed E-state index contributed by atoms with van der Waals surface area (Å²) in [4.78, 5) is 69.4. The highest BCUT2D eigenvalue weighted by Gasteiger charge is 2.68. The van der Waals surface area contributed by atoms with Crippen LogP contribution in [-0.4, -0.2) is 81.1 Å². The number of methoxy groups -OCH3 is 1. The third kappa shape index (κ3) is 5.62. The Kier molecular flexibility index (Phi) is 8.87. The number of nitrogens with zero attached hydrogens (tertiary/aromatic N) is 1. The number of hydrogen-bond donors (Lipinski definition) is 4. The molecule has 3 saturated carbocycles. The van der Waals surface area contributed by atoms with E-state index in [1.165, 1.54) is 19.6 Å². The van der Waals surface area contributed by atoms with Crippen molar-refractivity contribution in [1.82, 2.24) is 15.3 Å². The summed E-state index contributed by atoms with van der Waals surface area (Å²) < 4.78 is 9.96. The van der Waals surface area contributed by atoms with Gasteiger partial charge in [-0.2, -0.15) is 0 Å². The molecule has 1 amide bonds. The van der Waals surface area contributed by atoms with Crippen LogP contribution in [-0.2, 0) is 39.9 Å². The Hall–Kier alpha value is -3.38. The lowest BCUT2D eigenvalue weighted by Gasteiger charge is -2.60. The van der Waals surface area contributed by atoms with Gasteiger partial charge in [0, 0.05) is 36.6 Å². The number of aliphatic hydroxyl groups excluding tert-OH is 1. The van der Waals surface area contributed by atoms with Gasteiger partial charge in [0.15, 0.2) is 12.4 Å². The van der Waals surface area contributed by atoms with Crippen LogP contribution < -0.4 is 5.32 Å². The van der Waals surface area contributed by atoms with Gasteiger partial charge >= 0.3 is 11.9 Å². The van der Waals surface area contributed by atoms with Gasteiger partial charge in [0.05, 0.1) is 26.0 Å². The summed E-state index contributed by atoms with van der Waals surface area (Å²) >= 11 is 0. The van der Waals surface area contributed by atoms with Crippen molar-refractivity contribution < 1.29 is 43.7 Å². The first-order chi connectivity index (χ1) is 20.8. The second kappa shape index (κ2) is 12.2. The standard InChI is InChI=1S/C32H43N3O9/c1-30-10-8-20(36)12-18(30)4-5-21-22-9-11-32(42,31(22,2)14-24(37)28(21)30)25(38)16-44-27(40)7-6-26(39)35-23(29(41)43-3)13-19-15-33-17-34-19/h12,15,17,21-24,28,37,42H,4-11,13-14,16H2,1-3H3,(H,33,34)(H,35,39)/t21-,22-,23-,24+,28+,30-,31-,32-/m0/s1. The number of aromatic amines is 1. The Bertz CT molecular complexity index is 1340. The molecule has 12 heteroatoms. The Labute approximate surface area is 256 Å². The third-order valence-electron chi connectivity index (χ3n) is 11.2. The van der Waals surface area contributed by atoms with Crippen molar-refractivity contribution in [1.29, 1.82) is 0 Å². The molecule has 44 heavy (non-hydrogen) atoms. The van der Waals surface area contributed by atoms with Crippen LogP contribution in [0.5, 0.6) is 0 Å². The van der Waals surface area contributed by atoms with Gasteiger partial charge in [-0.15, -0.1) is 0 Å². The van der Waals surface area contributed by atoms with Gasteiger partial charge < -0.3 is 30.0 Å². The van der Waals surface area contributed by atoms with Gasteiger partial charge in [-0.1, -0.05) is 19.4 Å². The van der Waals surface area contributed by atoms with Crippen molar-refractivity contribution in [2.45, 2.75) is 95.8 Å². The molecule has 0 saturated heterocycles. The van der Waals surface area contributed by atoms with Crippen LogP contribution in [0.25, 0.3) is 0 Å².